The summed E-state index contributed by atoms with van der Waals surface area (Å²) >= 11 is 0. The molecule has 9 nitrogen and oxygen atoms in total. The van der Waals surface area contributed by atoms with Crippen LogP contribution in [0.25, 0.3) is 0 Å². The van der Waals surface area contributed by atoms with Gasteiger partial charge in [0.05, 0.1) is 24.7 Å². The quantitative estimate of drug-likeness (QED) is 0.232. The molecule has 2 unspecified atom stereocenters. The van der Waals surface area contributed by atoms with E-state index in [9.17, 15) is 19.2 Å². The zero-order valence-corrected chi connectivity index (χ0v) is 20.9. The maximum atomic E-state index is 12.0. The van der Waals surface area contributed by atoms with Crippen molar-refractivity contribution in [2.24, 2.45) is 11.7 Å². The van der Waals surface area contributed by atoms with Crippen LogP contribution in [-0.4, -0.2) is 54.8 Å². The van der Waals surface area contributed by atoms with Crippen LogP contribution >= 0.6 is 0 Å². The first-order valence-electron chi connectivity index (χ1n) is 11.2. The second kappa shape index (κ2) is 18.2. The minimum Gasteiger partial charge on any atom is -0.494 e. The standard InChI is InChI=1S/C17H31N3O4.C6H13NO/c1-10(2)16(18)17(23)19-9-15(22)20-14(8-7-12(5)21)13(6)24-11(3)4;1-3-4-5-7-6(2)8/h10-11,14,16H,6-9,18H2,1-5H3,(H,19,23)(H,20,22);3-5H2,1-2H3,(H,7,8). The SMILES string of the molecule is C=C(OC(C)C)C(CCC(C)=O)NC(=O)CNC(=O)C(N)C(C)C.CCCCNC(C)=O. The average molecular weight is 457 g/mol. The number of ketones is 1. The third-order valence-corrected chi connectivity index (χ3v) is 4.24. The van der Waals surface area contributed by atoms with Crippen LogP contribution in [0.4, 0.5) is 0 Å². The molecule has 2 atom stereocenters. The van der Waals surface area contributed by atoms with Gasteiger partial charge in [0.1, 0.15) is 11.5 Å². The molecule has 0 bridgehead atoms. The Kier molecular flexibility index (Phi) is 18.0. The fourth-order valence-electron chi connectivity index (χ4n) is 2.32. The van der Waals surface area contributed by atoms with Crippen LogP contribution in [0.1, 0.15) is 74.1 Å². The van der Waals surface area contributed by atoms with Gasteiger partial charge in [0, 0.05) is 19.9 Å². The molecule has 0 aliphatic rings. The lowest BCUT2D eigenvalue weighted by Crippen LogP contribution is -2.48. The Labute approximate surface area is 193 Å². The van der Waals surface area contributed by atoms with Crippen LogP contribution in [-0.2, 0) is 23.9 Å². The van der Waals surface area contributed by atoms with E-state index in [2.05, 4.69) is 29.5 Å². The van der Waals surface area contributed by atoms with E-state index in [0.29, 0.717) is 18.6 Å². The van der Waals surface area contributed by atoms with Gasteiger partial charge in [-0.25, -0.2) is 0 Å². The number of Topliss-reactive ketones (excluding diaryl/α,β-unsaturated/α-hetero) is 1. The lowest BCUT2D eigenvalue weighted by atomic mass is 10.1. The lowest BCUT2D eigenvalue weighted by molar-refractivity contribution is -0.127. The molecule has 0 radical (unpaired) electrons. The van der Waals surface area contributed by atoms with Crippen LogP contribution in [0, 0.1) is 5.92 Å². The summed E-state index contributed by atoms with van der Waals surface area (Å²) in [6, 6.07) is -1.15. The number of hydrogen-bond donors (Lipinski definition) is 4. The number of hydrogen-bond acceptors (Lipinski definition) is 6. The second-order valence-corrected chi connectivity index (χ2v) is 8.32. The molecule has 3 amide bonds. The van der Waals surface area contributed by atoms with Gasteiger partial charge in [-0.15, -0.1) is 0 Å². The van der Waals surface area contributed by atoms with Gasteiger partial charge in [-0.3, -0.25) is 14.4 Å². The fraction of sp³-hybridized carbons (Fsp3) is 0.739. The number of amides is 3. The molecule has 186 valence electrons. The zero-order chi connectivity index (χ0) is 25.3. The Hall–Kier alpha value is -2.42. The Morgan fingerprint density at radius 1 is 1.03 bits per heavy atom. The van der Waals surface area contributed by atoms with Crippen LogP contribution < -0.4 is 21.7 Å². The minimum absolute atomic E-state index is 0.0165. The van der Waals surface area contributed by atoms with Gasteiger partial charge < -0.3 is 31.2 Å². The molecule has 0 heterocycles. The topological polar surface area (TPSA) is 140 Å². The number of rotatable bonds is 14. The summed E-state index contributed by atoms with van der Waals surface area (Å²) in [6.45, 7) is 16.9. The van der Waals surface area contributed by atoms with E-state index >= 15 is 0 Å². The number of ether oxygens (including phenoxy) is 1. The van der Waals surface area contributed by atoms with Crippen molar-refractivity contribution >= 4 is 23.5 Å². The molecule has 0 aliphatic heterocycles. The van der Waals surface area contributed by atoms with Crippen LogP contribution in [0.2, 0.25) is 0 Å². The maximum Gasteiger partial charge on any atom is 0.239 e. The molecule has 0 aromatic rings. The molecular formula is C23H44N4O5. The van der Waals surface area contributed by atoms with E-state index < -0.39 is 12.1 Å². The predicted octanol–water partition coefficient (Wildman–Crippen LogP) is 1.80. The van der Waals surface area contributed by atoms with E-state index in [4.69, 9.17) is 10.5 Å². The first-order valence-corrected chi connectivity index (χ1v) is 11.2. The van der Waals surface area contributed by atoms with Crippen molar-refractivity contribution in [2.45, 2.75) is 92.3 Å². The fourth-order valence-corrected chi connectivity index (χ4v) is 2.32. The molecule has 0 aromatic carbocycles. The highest BCUT2D eigenvalue weighted by Crippen LogP contribution is 2.11. The molecule has 0 aromatic heterocycles. The summed E-state index contributed by atoms with van der Waals surface area (Å²) in [5.74, 6) is -0.305. The van der Waals surface area contributed by atoms with Crippen molar-refractivity contribution < 1.29 is 23.9 Å². The van der Waals surface area contributed by atoms with Gasteiger partial charge in [-0.05, 0) is 39.5 Å². The summed E-state index contributed by atoms with van der Waals surface area (Å²) in [5.41, 5.74) is 5.72. The number of carbonyl (C=O) groups excluding carboxylic acids is 4. The monoisotopic (exact) mass is 456 g/mol. The number of unbranched alkanes of at least 4 members (excludes halogenated alkanes) is 1. The molecule has 0 spiro atoms. The summed E-state index contributed by atoms with van der Waals surface area (Å²) < 4.78 is 5.51. The highest BCUT2D eigenvalue weighted by Gasteiger charge is 2.21. The predicted molar refractivity (Wildman–Crippen MR) is 127 cm³/mol. The van der Waals surface area contributed by atoms with Gasteiger partial charge in [0.2, 0.25) is 17.7 Å². The van der Waals surface area contributed by atoms with Gasteiger partial charge in [-0.2, -0.15) is 0 Å². The third kappa shape index (κ3) is 18.4. The van der Waals surface area contributed by atoms with E-state index in [0.717, 1.165) is 19.4 Å². The normalized spacial score (nSPS) is 12.2. The Bertz CT molecular complexity index is 605. The van der Waals surface area contributed by atoms with E-state index in [1.54, 1.807) is 0 Å². The number of nitrogens with two attached hydrogens (primary N) is 1. The molecule has 0 aliphatic carbocycles. The average Bonchev–Trinajstić information content (AvgIpc) is 2.68. The first-order chi connectivity index (χ1) is 14.8. The molecule has 9 heteroatoms. The number of carbonyl (C=O) groups is 4. The Morgan fingerprint density at radius 2 is 1.62 bits per heavy atom. The van der Waals surface area contributed by atoms with Gasteiger partial charge in [-0.1, -0.05) is 33.8 Å². The molecule has 5 N–H and O–H groups in total. The Morgan fingerprint density at radius 3 is 2.06 bits per heavy atom. The molecule has 0 rings (SSSR count). The summed E-state index contributed by atoms with van der Waals surface area (Å²) in [5, 5.41) is 7.94. The molecule has 32 heavy (non-hydrogen) atoms. The maximum absolute atomic E-state index is 12.0. The van der Waals surface area contributed by atoms with Crippen molar-refractivity contribution in [1.29, 1.82) is 0 Å². The smallest absolute Gasteiger partial charge is 0.239 e. The third-order valence-electron chi connectivity index (χ3n) is 4.24. The molecule has 0 saturated carbocycles. The van der Waals surface area contributed by atoms with Crippen molar-refractivity contribution in [3.63, 3.8) is 0 Å². The van der Waals surface area contributed by atoms with E-state index in [1.807, 2.05) is 27.7 Å². The van der Waals surface area contributed by atoms with Crippen molar-refractivity contribution in [3.8, 4) is 0 Å². The van der Waals surface area contributed by atoms with Crippen LogP contribution in [0.15, 0.2) is 12.3 Å². The highest BCUT2D eigenvalue weighted by atomic mass is 16.5. The van der Waals surface area contributed by atoms with Crippen molar-refractivity contribution in [2.75, 3.05) is 13.1 Å². The van der Waals surface area contributed by atoms with Crippen molar-refractivity contribution in [1.82, 2.24) is 16.0 Å². The van der Waals surface area contributed by atoms with Gasteiger partial charge in [0.25, 0.3) is 0 Å². The summed E-state index contributed by atoms with van der Waals surface area (Å²) in [6.07, 6.45) is 2.83. The lowest BCUT2D eigenvalue weighted by Gasteiger charge is -2.23. The van der Waals surface area contributed by atoms with Crippen molar-refractivity contribution in [3.05, 3.63) is 12.3 Å². The zero-order valence-electron chi connectivity index (χ0n) is 20.9. The molecular weight excluding hydrogens is 412 g/mol. The van der Waals surface area contributed by atoms with E-state index in [1.165, 1.54) is 13.8 Å². The van der Waals surface area contributed by atoms with E-state index in [-0.39, 0.29) is 42.1 Å². The summed E-state index contributed by atoms with van der Waals surface area (Å²) in [7, 11) is 0. The highest BCUT2D eigenvalue weighted by molar-refractivity contribution is 5.87. The molecule has 0 fully saturated rings. The number of nitrogens with one attached hydrogen (secondary N) is 3. The van der Waals surface area contributed by atoms with Gasteiger partial charge >= 0.3 is 0 Å². The summed E-state index contributed by atoms with van der Waals surface area (Å²) in [4.78, 5) is 45.2. The van der Waals surface area contributed by atoms with Crippen LogP contribution in [0.3, 0.4) is 0 Å². The van der Waals surface area contributed by atoms with Gasteiger partial charge in [0.15, 0.2) is 0 Å². The largest absolute Gasteiger partial charge is 0.494 e. The Balaban J connectivity index is 0. The minimum atomic E-state index is -0.662. The molecule has 0 saturated heterocycles. The van der Waals surface area contributed by atoms with Crippen LogP contribution in [0.5, 0.6) is 0 Å². The first kappa shape index (κ1) is 31.8. The second-order valence-electron chi connectivity index (χ2n) is 8.32.